The molecule has 1 aromatic heterocycles. The zero-order chi connectivity index (χ0) is 20.8. The minimum absolute atomic E-state index is 0.0316. The summed E-state index contributed by atoms with van der Waals surface area (Å²) in [5.74, 6) is 7.38. The molecule has 0 saturated heterocycles. The molecule has 2 aromatic rings. The number of rotatable bonds is 10. The van der Waals surface area contributed by atoms with E-state index >= 15 is 0 Å². The Morgan fingerprint density at radius 3 is 2.62 bits per heavy atom. The number of aromatic nitrogens is 3. The number of thioether (sulfide) groups is 1. The molecule has 0 spiro atoms. The van der Waals surface area contributed by atoms with Crippen molar-refractivity contribution in [2.45, 2.75) is 24.9 Å². The molecule has 1 heterocycles. The molecule has 1 fully saturated rings. The van der Waals surface area contributed by atoms with Gasteiger partial charge in [0.05, 0.1) is 19.5 Å². The first kappa shape index (κ1) is 21.0. The van der Waals surface area contributed by atoms with Crippen LogP contribution < -0.4 is 10.6 Å². The molecule has 0 radical (unpaired) electrons. The van der Waals surface area contributed by atoms with E-state index in [9.17, 15) is 9.59 Å². The van der Waals surface area contributed by atoms with Crippen molar-refractivity contribution in [3.63, 3.8) is 0 Å². The minimum Gasteiger partial charge on any atom is -0.497 e. The van der Waals surface area contributed by atoms with Crippen molar-refractivity contribution in [1.29, 1.82) is 0 Å². The zero-order valence-electron chi connectivity index (χ0n) is 16.5. The lowest BCUT2D eigenvalue weighted by Gasteiger charge is -2.21. The maximum atomic E-state index is 12.7. The van der Waals surface area contributed by atoms with Crippen LogP contribution in [0.4, 0.5) is 0 Å². The number of hydrogen-bond acceptors (Lipinski definition) is 8. The van der Waals surface area contributed by atoms with Crippen molar-refractivity contribution < 1.29 is 19.1 Å². The predicted molar refractivity (Wildman–Crippen MR) is 109 cm³/mol. The molecule has 0 aliphatic heterocycles. The molecule has 10 heteroatoms. The number of methoxy groups -OCH3 is 1. The molecule has 0 atom stereocenters. The highest BCUT2D eigenvalue weighted by Gasteiger charge is 2.28. The summed E-state index contributed by atoms with van der Waals surface area (Å²) in [6.07, 6.45) is 2.17. The van der Waals surface area contributed by atoms with Gasteiger partial charge >= 0.3 is 5.97 Å². The fraction of sp³-hybridized carbons (Fsp3) is 0.474. The Bertz CT molecular complexity index is 851. The molecule has 1 aromatic carbocycles. The van der Waals surface area contributed by atoms with E-state index in [4.69, 9.17) is 15.3 Å². The summed E-state index contributed by atoms with van der Waals surface area (Å²) >= 11 is 1.19. The first-order valence-electron chi connectivity index (χ1n) is 9.43. The molecular weight excluding hydrogens is 394 g/mol. The average Bonchev–Trinajstić information content (AvgIpc) is 3.46. The van der Waals surface area contributed by atoms with Gasteiger partial charge in [0.2, 0.25) is 11.1 Å². The third-order valence-electron chi connectivity index (χ3n) is 4.49. The van der Waals surface area contributed by atoms with Gasteiger partial charge in [-0.25, -0.2) is 4.68 Å². The predicted octanol–water partition coefficient (Wildman–Crippen LogP) is 1.56. The van der Waals surface area contributed by atoms with E-state index in [0.29, 0.717) is 30.1 Å². The van der Waals surface area contributed by atoms with E-state index in [-0.39, 0.29) is 18.2 Å². The summed E-state index contributed by atoms with van der Waals surface area (Å²) in [7, 11) is 1.60. The maximum absolute atomic E-state index is 12.7. The molecule has 1 aliphatic carbocycles. The summed E-state index contributed by atoms with van der Waals surface area (Å²) < 4.78 is 11.5. The quantitative estimate of drug-likeness (QED) is 0.351. The van der Waals surface area contributed by atoms with Crippen LogP contribution in [0.25, 0.3) is 11.4 Å². The van der Waals surface area contributed by atoms with Crippen molar-refractivity contribution >= 4 is 23.6 Å². The summed E-state index contributed by atoms with van der Waals surface area (Å²) in [5.41, 5.74) is 0.789. The topological polar surface area (TPSA) is 113 Å². The largest absolute Gasteiger partial charge is 0.497 e. The van der Waals surface area contributed by atoms with Gasteiger partial charge in [-0.3, -0.25) is 9.59 Å². The number of ether oxygens (including phenoxy) is 2. The Balaban J connectivity index is 1.62. The van der Waals surface area contributed by atoms with Gasteiger partial charge in [0.1, 0.15) is 12.3 Å². The van der Waals surface area contributed by atoms with E-state index in [1.807, 2.05) is 24.3 Å². The van der Waals surface area contributed by atoms with Gasteiger partial charge in [-0.1, -0.05) is 11.8 Å². The van der Waals surface area contributed by atoms with Crippen molar-refractivity contribution in [3.05, 3.63) is 24.3 Å². The van der Waals surface area contributed by atoms with Crippen LogP contribution in [0.5, 0.6) is 5.75 Å². The molecule has 1 saturated carbocycles. The second kappa shape index (κ2) is 9.64. The van der Waals surface area contributed by atoms with Crippen LogP contribution in [0.2, 0.25) is 0 Å². The Hall–Kier alpha value is -2.75. The summed E-state index contributed by atoms with van der Waals surface area (Å²) in [6, 6.07) is 7.29. The highest BCUT2D eigenvalue weighted by molar-refractivity contribution is 7.99. The number of carbonyl (C=O) groups excluding carboxylic acids is 2. The van der Waals surface area contributed by atoms with Crippen LogP contribution in [0.15, 0.2) is 29.4 Å². The van der Waals surface area contributed by atoms with Gasteiger partial charge in [-0.15, -0.1) is 10.2 Å². The smallest absolute Gasteiger partial charge is 0.325 e. The monoisotopic (exact) mass is 419 g/mol. The minimum atomic E-state index is -0.393. The van der Waals surface area contributed by atoms with Crippen molar-refractivity contribution in [2.75, 3.05) is 38.4 Å². The average molecular weight is 420 g/mol. The maximum Gasteiger partial charge on any atom is 0.325 e. The first-order chi connectivity index (χ1) is 14.0. The summed E-state index contributed by atoms with van der Waals surface area (Å²) in [6.45, 7) is 2.58. The molecule has 0 bridgehead atoms. The van der Waals surface area contributed by atoms with Crippen LogP contribution in [0, 0.1) is 5.92 Å². The van der Waals surface area contributed by atoms with Gasteiger partial charge in [0, 0.05) is 12.1 Å². The molecule has 29 heavy (non-hydrogen) atoms. The van der Waals surface area contributed by atoms with Crippen LogP contribution in [0.3, 0.4) is 0 Å². The molecular formula is C19H25N5O4S. The van der Waals surface area contributed by atoms with E-state index in [0.717, 1.165) is 24.2 Å². The standard InChI is InChI=1S/C19H25N5O4S/c1-3-28-17(26)11-23(10-13-4-5-13)16(25)12-29-19-22-21-18(24(19)20)14-6-8-15(27-2)9-7-14/h6-9,13H,3-5,10-12,20H2,1-2H3. The highest BCUT2D eigenvalue weighted by Crippen LogP contribution is 2.30. The number of benzene rings is 1. The summed E-state index contributed by atoms with van der Waals surface area (Å²) in [5, 5.41) is 8.63. The lowest BCUT2D eigenvalue weighted by molar-refractivity contribution is -0.148. The van der Waals surface area contributed by atoms with Crippen molar-refractivity contribution in [2.24, 2.45) is 5.92 Å². The highest BCUT2D eigenvalue weighted by atomic mass is 32.2. The molecule has 1 amide bonds. The normalized spacial score (nSPS) is 13.2. The SMILES string of the molecule is CCOC(=O)CN(CC1CC1)C(=O)CSc1nnc(-c2ccc(OC)cc2)n1N. The Morgan fingerprint density at radius 1 is 1.28 bits per heavy atom. The Labute approximate surface area is 173 Å². The zero-order valence-corrected chi connectivity index (χ0v) is 17.4. The number of nitrogens with zero attached hydrogens (tertiary/aromatic N) is 4. The van der Waals surface area contributed by atoms with E-state index in [2.05, 4.69) is 10.2 Å². The van der Waals surface area contributed by atoms with Crippen LogP contribution in [0.1, 0.15) is 19.8 Å². The lowest BCUT2D eigenvalue weighted by Crippen LogP contribution is -2.39. The van der Waals surface area contributed by atoms with E-state index in [1.54, 1.807) is 18.9 Å². The number of amides is 1. The molecule has 156 valence electrons. The van der Waals surface area contributed by atoms with Gasteiger partial charge in [0.15, 0.2) is 5.82 Å². The van der Waals surface area contributed by atoms with Gasteiger partial charge in [-0.2, -0.15) is 0 Å². The number of nitrogen functional groups attached to an aromatic ring is 1. The molecule has 0 unspecified atom stereocenters. The molecule has 2 N–H and O–H groups in total. The molecule has 3 rings (SSSR count). The number of hydrogen-bond donors (Lipinski definition) is 1. The van der Waals surface area contributed by atoms with Crippen LogP contribution in [-0.4, -0.2) is 64.2 Å². The lowest BCUT2D eigenvalue weighted by atomic mass is 10.2. The number of carbonyl (C=O) groups is 2. The second-order valence-corrected chi connectivity index (χ2v) is 7.66. The Kier molecular flexibility index (Phi) is 6.97. The first-order valence-corrected chi connectivity index (χ1v) is 10.4. The van der Waals surface area contributed by atoms with Crippen molar-refractivity contribution in [1.82, 2.24) is 19.8 Å². The fourth-order valence-corrected chi connectivity index (χ4v) is 3.52. The molecule has 9 nitrogen and oxygen atoms in total. The number of nitrogens with two attached hydrogens (primary N) is 1. The van der Waals surface area contributed by atoms with Gasteiger partial charge in [-0.05, 0) is 49.9 Å². The second-order valence-electron chi connectivity index (χ2n) is 6.72. The Morgan fingerprint density at radius 2 is 2.00 bits per heavy atom. The van der Waals surface area contributed by atoms with E-state index < -0.39 is 5.97 Å². The summed E-state index contributed by atoms with van der Waals surface area (Å²) in [4.78, 5) is 26.0. The van der Waals surface area contributed by atoms with Crippen LogP contribution >= 0.6 is 11.8 Å². The number of esters is 1. The molecule has 1 aliphatic rings. The van der Waals surface area contributed by atoms with Crippen molar-refractivity contribution in [3.8, 4) is 17.1 Å². The third-order valence-corrected chi connectivity index (χ3v) is 5.42. The van der Waals surface area contributed by atoms with Gasteiger partial charge < -0.3 is 20.2 Å². The fourth-order valence-electron chi connectivity index (χ4n) is 2.76. The van der Waals surface area contributed by atoms with E-state index in [1.165, 1.54) is 16.4 Å². The van der Waals surface area contributed by atoms with Crippen LogP contribution in [-0.2, 0) is 14.3 Å². The third kappa shape index (κ3) is 5.63. The van der Waals surface area contributed by atoms with Gasteiger partial charge in [0.25, 0.3) is 0 Å².